The lowest BCUT2D eigenvalue weighted by Gasteiger charge is -2.24. The summed E-state index contributed by atoms with van der Waals surface area (Å²) in [5.41, 5.74) is 2.12. The van der Waals surface area contributed by atoms with Crippen molar-refractivity contribution in [3.63, 3.8) is 0 Å². The highest BCUT2D eigenvalue weighted by Crippen LogP contribution is 2.32. The van der Waals surface area contributed by atoms with Crippen LogP contribution in [0.5, 0.6) is 5.75 Å². The summed E-state index contributed by atoms with van der Waals surface area (Å²) in [6, 6.07) is 15.0. The molecule has 0 aliphatic carbocycles. The van der Waals surface area contributed by atoms with Crippen LogP contribution in [0.1, 0.15) is 16.1 Å². The number of thioether (sulfide) groups is 1. The van der Waals surface area contributed by atoms with E-state index in [-0.39, 0.29) is 16.8 Å². The van der Waals surface area contributed by atoms with Crippen molar-refractivity contribution in [1.29, 1.82) is 0 Å². The van der Waals surface area contributed by atoms with Crippen LogP contribution in [0.4, 0.5) is 5.69 Å². The second-order valence-electron chi connectivity index (χ2n) is 7.41. The van der Waals surface area contributed by atoms with E-state index < -0.39 is 6.29 Å². The Kier molecular flexibility index (Phi) is 9.89. The van der Waals surface area contributed by atoms with Crippen LogP contribution in [0, 0.1) is 4.91 Å². The fourth-order valence-electron chi connectivity index (χ4n) is 3.42. The zero-order chi connectivity index (χ0) is 24.3. The van der Waals surface area contributed by atoms with Crippen LogP contribution in [0.15, 0.2) is 53.7 Å². The van der Waals surface area contributed by atoms with Crippen molar-refractivity contribution in [1.82, 2.24) is 10.3 Å². The van der Waals surface area contributed by atoms with Gasteiger partial charge in [-0.25, -0.2) is 0 Å². The number of aromatic amines is 1. The smallest absolute Gasteiger partial charge is 0.267 e. The van der Waals surface area contributed by atoms with Gasteiger partial charge in [-0.05, 0) is 22.9 Å². The maximum Gasteiger partial charge on any atom is 0.267 e. The standard InChI is InChI=1S/C24H29N3O6S/c1-30-9-10-33-18-11-17-12-20(26-22(17)19(13-18)27-29)23(28)25-14-21(24(31-2)32-3)34-15-16-7-5-4-6-8-16/h4-8,11-13,21,24,26H,9-10,14-15H2,1-3H3,(H,25,28). The highest BCUT2D eigenvalue weighted by molar-refractivity contribution is 7.99. The topological polar surface area (TPSA) is 111 Å². The van der Waals surface area contributed by atoms with Gasteiger partial charge in [-0.15, -0.1) is 16.7 Å². The number of ether oxygens (including phenoxy) is 4. The van der Waals surface area contributed by atoms with Crippen LogP contribution >= 0.6 is 11.8 Å². The molecule has 10 heteroatoms. The summed E-state index contributed by atoms with van der Waals surface area (Å²) >= 11 is 1.63. The minimum atomic E-state index is -0.491. The van der Waals surface area contributed by atoms with Gasteiger partial charge in [0.2, 0.25) is 0 Å². The first-order chi connectivity index (χ1) is 16.6. The molecule has 3 rings (SSSR count). The molecule has 0 aliphatic heterocycles. The van der Waals surface area contributed by atoms with E-state index in [9.17, 15) is 9.70 Å². The van der Waals surface area contributed by atoms with E-state index in [0.29, 0.717) is 42.1 Å². The maximum absolute atomic E-state index is 12.9. The number of amides is 1. The van der Waals surface area contributed by atoms with Gasteiger partial charge in [0, 0.05) is 45.1 Å². The first-order valence-corrected chi connectivity index (χ1v) is 11.8. The number of hydrogen-bond acceptors (Lipinski definition) is 8. The van der Waals surface area contributed by atoms with Gasteiger partial charge in [0.05, 0.1) is 17.4 Å². The Morgan fingerprint density at radius 2 is 1.85 bits per heavy atom. The van der Waals surface area contributed by atoms with Crippen molar-refractivity contribution >= 4 is 34.3 Å². The number of H-pyrrole nitrogens is 1. The Balaban J connectivity index is 1.70. The van der Waals surface area contributed by atoms with E-state index in [4.69, 9.17) is 18.9 Å². The molecule has 1 heterocycles. The third-order valence-corrected chi connectivity index (χ3v) is 6.44. The van der Waals surface area contributed by atoms with Crippen molar-refractivity contribution < 1.29 is 23.7 Å². The Morgan fingerprint density at radius 3 is 2.53 bits per heavy atom. The van der Waals surface area contributed by atoms with Gasteiger partial charge in [0.15, 0.2) is 6.29 Å². The molecule has 2 N–H and O–H groups in total. The fraction of sp³-hybridized carbons (Fsp3) is 0.375. The van der Waals surface area contributed by atoms with Gasteiger partial charge in [-0.3, -0.25) is 4.79 Å². The molecule has 182 valence electrons. The molecular formula is C24H29N3O6S. The number of nitrogens with one attached hydrogen (secondary N) is 2. The average molecular weight is 488 g/mol. The summed E-state index contributed by atoms with van der Waals surface area (Å²) < 4.78 is 21.5. The summed E-state index contributed by atoms with van der Waals surface area (Å²) in [6.45, 7) is 1.07. The number of carbonyl (C=O) groups is 1. The molecule has 1 atom stereocenters. The lowest BCUT2D eigenvalue weighted by Crippen LogP contribution is -2.39. The number of nitrogens with zero attached hydrogens (tertiary/aromatic N) is 1. The number of fused-ring (bicyclic) bond motifs is 1. The van der Waals surface area contributed by atoms with E-state index in [1.54, 1.807) is 45.2 Å². The van der Waals surface area contributed by atoms with E-state index >= 15 is 0 Å². The molecule has 0 bridgehead atoms. The minimum absolute atomic E-state index is 0.142. The van der Waals surface area contributed by atoms with Crippen molar-refractivity contribution in [2.45, 2.75) is 17.3 Å². The molecule has 1 unspecified atom stereocenters. The number of methoxy groups -OCH3 is 3. The number of aromatic nitrogens is 1. The molecular weight excluding hydrogens is 458 g/mol. The summed E-state index contributed by atoms with van der Waals surface area (Å²) in [4.78, 5) is 27.2. The molecule has 1 aromatic heterocycles. The highest BCUT2D eigenvalue weighted by atomic mass is 32.2. The summed E-state index contributed by atoms with van der Waals surface area (Å²) in [6.07, 6.45) is -0.491. The molecule has 0 aliphatic rings. The first-order valence-electron chi connectivity index (χ1n) is 10.7. The van der Waals surface area contributed by atoms with Crippen molar-refractivity contribution in [2.75, 3.05) is 41.1 Å². The average Bonchev–Trinajstić information content (AvgIpc) is 3.30. The molecule has 2 aromatic carbocycles. The largest absolute Gasteiger partial charge is 0.491 e. The SMILES string of the molecule is COCCOc1cc(N=O)c2[nH]c(C(=O)NCC(SCc3ccccc3)C(OC)OC)cc2c1. The Labute approximate surface area is 202 Å². The maximum atomic E-state index is 12.9. The van der Waals surface area contributed by atoms with Gasteiger partial charge in [-0.1, -0.05) is 30.3 Å². The Morgan fingerprint density at radius 1 is 1.09 bits per heavy atom. The quantitative estimate of drug-likeness (QED) is 0.199. The zero-order valence-corrected chi connectivity index (χ0v) is 20.2. The number of hydrogen-bond donors (Lipinski definition) is 2. The van der Waals surface area contributed by atoms with Gasteiger partial charge in [0.25, 0.3) is 5.91 Å². The van der Waals surface area contributed by atoms with Crippen molar-refractivity contribution in [3.8, 4) is 5.75 Å². The van der Waals surface area contributed by atoms with Crippen molar-refractivity contribution in [3.05, 3.63) is 64.7 Å². The summed E-state index contributed by atoms with van der Waals surface area (Å²) in [5.74, 6) is 0.911. The molecule has 0 fully saturated rings. The number of rotatable bonds is 14. The predicted molar refractivity (Wildman–Crippen MR) is 133 cm³/mol. The number of benzene rings is 2. The summed E-state index contributed by atoms with van der Waals surface area (Å²) in [5, 5.41) is 6.51. The summed E-state index contributed by atoms with van der Waals surface area (Å²) in [7, 11) is 4.72. The minimum Gasteiger partial charge on any atom is -0.491 e. The van der Waals surface area contributed by atoms with E-state index in [2.05, 4.69) is 15.5 Å². The fourth-order valence-corrected chi connectivity index (χ4v) is 4.60. The monoisotopic (exact) mass is 487 g/mol. The Hall–Kier alpha value is -2.92. The van der Waals surface area contributed by atoms with E-state index in [1.807, 2.05) is 30.3 Å². The Bertz CT molecular complexity index is 1070. The van der Waals surface area contributed by atoms with Crippen LogP contribution in [-0.2, 0) is 20.0 Å². The first kappa shape index (κ1) is 25.7. The molecule has 1 amide bonds. The number of carbonyl (C=O) groups excluding carboxylic acids is 1. The molecule has 34 heavy (non-hydrogen) atoms. The second kappa shape index (κ2) is 13.1. The lowest BCUT2D eigenvalue weighted by molar-refractivity contribution is -0.101. The molecule has 9 nitrogen and oxygen atoms in total. The lowest BCUT2D eigenvalue weighted by atomic mass is 10.2. The second-order valence-corrected chi connectivity index (χ2v) is 8.63. The van der Waals surface area contributed by atoms with E-state index in [1.165, 1.54) is 11.6 Å². The van der Waals surface area contributed by atoms with Crippen molar-refractivity contribution in [2.24, 2.45) is 5.18 Å². The van der Waals surface area contributed by atoms with Crippen LogP contribution in [-0.4, -0.2) is 63.5 Å². The predicted octanol–water partition coefficient (Wildman–Crippen LogP) is 4.24. The molecule has 3 aromatic rings. The van der Waals surface area contributed by atoms with Crippen LogP contribution in [0.2, 0.25) is 0 Å². The highest BCUT2D eigenvalue weighted by Gasteiger charge is 2.23. The van der Waals surface area contributed by atoms with Gasteiger partial charge in [-0.2, -0.15) is 0 Å². The third kappa shape index (κ3) is 6.80. The van der Waals surface area contributed by atoms with Crippen LogP contribution in [0.3, 0.4) is 0 Å². The van der Waals surface area contributed by atoms with Gasteiger partial charge >= 0.3 is 0 Å². The van der Waals surface area contributed by atoms with E-state index in [0.717, 1.165) is 5.75 Å². The molecule has 0 saturated carbocycles. The normalized spacial score (nSPS) is 12.1. The zero-order valence-electron chi connectivity index (χ0n) is 19.4. The van der Waals surface area contributed by atoms with Gasteiger partial charge in [0.1, 0.15) is 23.7 Å². The van der Waals surface area contributed by atoms with Crippen LogP contribution in [0.25, 0.3) is 10.9 Å². The third-order valence-electron chi connectivity index (χ3n) is 5.12. The molecule has 0 radical (unpaired) electrons. The van der Waals surface area contributed by atoms with Gasteiger partial charge < -0.3 is 29.2 Å². The molecule has 0 spiro atoms. The molecule has 0 saturated heterocycles. The number of nitroso groups, excluding NO2 is 1. The van der Waals surface area contributed by atoms with Crippen LogP contribution < -0.4 is 10.1 Å².